The molecule has 0 spiro atoms. The van der Waals surface area contributed by atoms with Crippen LogP contribution in [0.1, 0.15) is 0 Å². The first-order chi connectivity index (χ1) is 9.97. The molecule has 1 heterocycles. The number of anilines is 1. The minimum Gasteiger partial charge on any atom is -0.507 e. The minimum absolute atomic E-state index is 0.00216. The molecule has 0 bridgehead atoms. The van der Waals surface area contributed by atoms with Crippen LogP contribution in [0.2, 0.25) is 10.0 Å². The summed E-state index contributed by atoms with van der Waals surface area (Å²) in [5.41, 5.74) is 6.86. The van der Waals surface area contributed by atoms with Crippen molar-refractivity contribution in [2.75, 3.05) is 5.73 Å². The van der Waals surface area contributed by atoms with Crippen molar-refractivity contribution in [3.63, 3.8) is 0 Å². The molecule has 0 amide bonds. The fourth-order valence-electron chi connectivity index (χ4n) is 2.28. The number of aromatic hydroxyl groups is 1. The third-order valence-corrected chi connectivity index (χ3v) is 3.71. The van der Waals surface area contributed by atoms with Gasteiger partial charge in [0.1, 0.15) is 11.4 Å². The normalized spacial score (nSPS) is 11.0. The number of hydrogen-bond donors (Lipinski definition) is 3. The minimum atomic E-state index is -0.431. The third kappa shape index (κ3) is 2.33. The number of halogens is 2. The number of nitrogens with two attached hydrogens (primary N) is 1. The number of nitrogens with one attached hydrogen (secondary N) is 1. The summed E-state index contributed by atoms with van der Waals surface area (Å²) in [6.07, 6.45) is 0. The summed E-state index contributed by atoms with van der Waals surface area (Å²) >= 11 is 12.0. The number of phenolic OH excluding ortho intramolecular Hbond substituents is 1. The quantitative estimate of drug-likeness (QED) is 0.638. The van der Waals surface area contributed by atoms with Gasteiger partial charge in [-0.2, -0.15) is 0 Å². The first-order valence-electron chi connectivity index (χ1n) is 6.07. The Bertz CT molecular complexity index is 919. The van der Waals surface area contributed by atoms with Crippen LogP contribution in [-0.4, -0.2) is 10.1 Å². The van der Waals surface area contributed by atoms with E-state index in [9.17, 15) is 9.90 Å². The smallest absolute Gasteiger partial charge is 0.272 e. The van der Waals surface area contributed by atoms with Gasteiger partial charge in [-0.3, -0.25) is 4.79 Å². The van der Waals surface area contributed by atoms with Crippen molar-refractivity contribution in [2.45, 2.75) is 0 Å². The average molecular weight is 321 g/mol. The highest BCUT2D eigenvalue weighted by Gasteiger charge is 2.16. The monoisotopic (exact) mass is 320 g/mol. The second-order valence-electron chi connectivity index (χ2n) is 4.59. The van der Waals surface area contributed by atoms with E-state index in [1.807, 2.05) is 0 Å². The number of pyridine rings is 1. The van der Waals surface area contributed by atoms with Crippen molar-refractivity contribution < 1.29 is 5.11 Å². The molecule has 0 unspecified atom stereocenters. The largest absolute Gasteiger partial charge is 0.507 e. The molecule has 0 fully saturated rings. The Morgan fingerprint density at radius 3 is 2.48 bits per heavy atom. The maximum absolute atomic E-state index is 12.0. The second-order valence-corrected chi connectivity index (χ2v) is 5.47. The van der Waals surface area contributed by atoms with Crippen molar-refractivity contribution in [3.8, 4) is 16.9 Å². The number of H-pyrrole nitrogens is 1. The van der Waals surface area contributed by atoms with Crippen LogP contribution in [0.25, 0.3) is 22.0 Å². The van der Waals surface area contributed by atoms with E-state index in [2.05, 4.69) is 4.98 Å². The first kappa shape index (κ1) is 13.8. The molecule has 0 saturated carbocycles. The van der Waals surface area contributed by atoms with Crippen LogP contribution >= 0.6 is 23.2 Å². The van der Waals surface area contributed by atoms with Gasteiger partial charge in [-0.1, -0.05) is 23.2 Å². The summed E-state index contributed by atoms with van der Waals surface area (Å²) < 4.78 is 0. The SMILES string of the molecule is Nc1c(-c2cc(Cl)ccc2O)c2cc(Cl)ccc2[nH]c1=O. The molecule has 0 aliphatic carbocycles. The van der Waals surface area contributed by atoms with Gasteiger partial charge in [0.2, 0.25) is 0 Å². The Balaban J connectivity index is 2.51. The summed E-state index contributed by atoms with van der Waals surface area (Å²) in [5.74, 6) is -0.0158. The number of rotatable bonds is 1. The summed E-state index contributed by atoms with van der Waals surface area (Å²) in [4.78, 5) is 14.7. The molecule has 0 aliphatic heterocycles. The van der Waals surface area contributed by atoms with Crippen LogP contribution in [0.15, 0.2) is 41.2 Å². The molecule has 0 aliphatic rings. The van der Waals surface area contributed by atoms with Crippen molar-refractivity contribution >= 4 is 39.8 Å². The van der Waals surface area contributed by atoms with Crippen molar-refractivity contribution in [3.05, 3.63) is 56.8 Å². The lowest BCUT2D eigenvalue weighted by atomic mass is 9.99. The van der Waals surface area contributed by atoms with Gasteiger partial charge in [0, 0.05) is 32.1 Å². The van der Waals surface area contributed by atoms with Crippen LogP contribution in [-0.2, 0) is 0 Å². The average Bonchev–Trinajstić information content (AvgIpc) is 2.44. The predicted octanol–water partition coefficient (Wildman–Crippen LogP) is 3.79. The highest BCUT2D eigenvalue weighted by Crippen LogP contribution is 2.38. The van der Waals surface area contributed by atoms with E-state index in [4.69, 9.17) is 28.9 Å². The zero-order chi connectivity index (χ0) is 15.1. The maximum Gasteiger partial charge on any atom is 0.272 e. The van der Waals surface area contributed by atoms with E-state index < -0.39 is 5.56 Å². The molecule has 0 saturated heterocycles. The molecule has 6 heteroatoms. The first-order valence-corrected chi connectivity index (χ1v) is 6.83. The summed E-state index contributed by atoms with van der Waals surface area (Å²) in [6, 6.07) is 9.59. The number of aromatic nitrogens is 1. The molecule has 2 aromatic carbocycles. The van der Waals surface area contributed by atoms with E-state index in [1.54, 1.807) is 30.3 Å². The van der Waals surface area contributed by atoms with Crippen LogP contribution in [0.3, 0.4) is 0 Å². The number of fused-ring (bicyclic) bond motifs is 1. The molecule has 1 aromatic heterocycles. The summed E-state index contributed by atoms with van der Waals surface area (Å²) in [6.45, 7) is 0. The molecule has 21 heavy (non-hydrogen) atoms. The zero-order valence-electron chi connectivity index (χ0n) is 10.7. The molecule has 4 nitrogen and oxygen atoms in total. The van der Waals surface area contributed by atoms with Gasteiger partial charge in [-0.25, -0.2) is 0 Å². The molecule has 4 N–H and O–H groups in total. The lowest BCUT2D eigenvalue weighted by molar-refractivity contribution is 0.477. The van der Waals surface area contributed by atoms with Gasteiger partial charge >= 0.3 is 0 Å². The summed E-state index contributed by atoms with van der Waals surface area (Å²) in [7, 11) is 0. The fraction of sp³-hybridized carbons (Fsp3) is 0. The summed E-state index contributed by atoms with van der Waals surface area (Å²) in [5, 5.41) is 11.6. The Hall–Kier alpha value is -2.17. The van der Waals surface area contributed by atoms with Crippen LogP contribution < -0.4 is 11.3 Å². The van der Waals surface area contributed by atoms with Crippen LogP contribution in [0, 0.1) is 0 Å². The topological polar surface area (TPSA) is 79.1 Å². The molecular formula is C15H10Cl2N2O2. The number of benzene rings is 2. The van der Waals surface area contributed by atoms with Gasteiger partial charge in [0.15, 0.2) is 0 Å². The molecular weight excluding hydrogens is 311 g/mol. The standard InChI is InChI=1S/C15H10Cl2N2O2/c16-7-1-3-11-9(5-7)13(14(18)15(21)19-11)10-6-8(17)2-4-12(10)20/h1-6,20H,18H2,(H,19,21). The highest BCUT2D eigenvalue weighted by atomic mass is 35.5. The van der Waals surface area contributed by atoms with Crippen LogP contribution in [0.4, 0.5) is 5.69 Å². The Labute approximate surface area is 129 Å². The van der Waals surface area contributed by atoms with E-state index in [-0.39, 0.29) is 11.4 Å². The maximum atomic E-state index is 12.0. The molecule has 0 atom stereocenters. The third-order valence-electron chi connectivity index (χ3n) is 3.24. The lowest BCUT2D eigenvalue weighted by Crippen LogP contribution is -2.13. The Kier molecular flexibility index (Phi) is 3.27. The van der Waals surface area contributed by atoms with E-state index >= 15 is 0 Å². The Morgan fingerprint density at radius 1 is 1.05 bits per heavy atom. The zero-order valence-corrected chi connectivity index (χ0v) is 12.2. The van der Waals surface area contributed by atoms with Gasteiger partial charge in [0.05, 0.1) is 0 Å². The predicted molar refractivity (Wildman–Crippen MR) is 86.1 cm³/mol. The fourth-order valence-corrected chi connectivity index (χ4v) is 2.62. The van der Waals surface area contributed by atoms with Gasteiger partial charge in [-0.15, -0.1) is 0 Å². The molecule has 106 valence electrons. The van der Waals surface area contributed by atoms with Crippen molar-refractivity contribution in [1.82, 2.24) is 4.98 Å². The van der Waals surface area contributed by atoms with E-state index in [0.29, 0.717) is 32.1 Å². The van der Waals surface area contributed by atoms with Gasteiger partial charge in [0.25, 0.3) is 5.56 Å². The second kappa shape index (κ2) is 4.98. The van der Waals surface area contributed by atoms with Gasteiger partial charge in [-0.05, 0) is 36.4 Å². The van der Waals surface area contributed by atoms with Crippen molar-refractivity contribution in [1.29, 1.82) is 0 Å². The lowest BCUT2D eigenvalue weighted by Gasteiger charge is -2.12. The van der Waals surface area contributed by atoms with Crippen molar-refractivity contribution in [2.24, 2.45) is 0 Å². The van der Waals surface area contributed by atoms with E-state index in [0.717, 1.165) is 0 Å². The molecule has 0 radical (unpaired) electrons. The number of phenols is 1. The Morgan fingerprint density at radius 2 is 1.71 bits per heavy atom. The number of hydrogen-bond acceptors (Lipinski definition) is 3. The molecule has 3 aromatic rings. The van der Waals surface area contributed by atoms with Gasteiger partial charge < -0.3 is 15.8 Å². The van der Waals surface area contributed by atoms with Crippen LogP contribution in [0.5, 0.6) is 5.75 Å². The van der Waals surface area contributed by atoms with E-state index in [1.165, 1.54) is 6.07 Å². The highest BCUT2D eigenvalue weighted by molar-refractivity contribution is 6.32. The number of aromatic amines is 1. The number of nitrogen functional groups attached to an aromatic ring is 1. The molecule has 3 rings (SSSR count).